The molecule has 1 rings (SSSR count). The van der Waals surface area contributed by atoms with Crippen molar-refractivity contribution < 1.29 is 4.79 Å². The molecule has 1 aromatic rings. The third kappa shape index (κ3) is 3.23. The second-order valence-electron chi connectivity index (χ2n) is 4.26. The fourth-order valence-electron chi connectivity index (χ4n) is 1.53. The van der Waals surface area contributed by atoms with Crippen molar-refractivity contribution >= 4 is 5.91 Å². The Morgan fingerprint density at radius 3 is 2.12 bits per heavy atom. The molecule has 0 aliphatic rings. The van der Waals surface area contributed by atoms with Crippen LogP contribution in [-0.4, -0.2) is 5.91 Å². The molecule has 0 heterocycles. The van der Waals surface area contributed by atoms with Crippen LogP contribution in [0, 0.1) is 0 Å². The third-order valence-corrected chi connectivity index (χ3v) is 2.65. The summed E-state index contributed by atoms with van der Waals surface area (Å²) in [6.07, 6.45) is 1.29. The molecule has 86 valence electrons. The van der Waals surface area contributed by atoms with Gasteiger partial charge in [0.05, 0.1) is 6.04 Å². The molecule has 0 saturated heterocycles. The predicted molar refractivity (Wildman–Crippen MR) is 67.3 cm³/mol. The van der Waals surface area contributed by atoms with Gasteiger partial charge in [0.25, 0.3) is 0 Å². The third-order valence-electron chi connectivity index (χ3n) is 2.65. The minimum Gasteiger partial charge on any atom is -0.346 e. The molecule has 0 fully saturated rings. The van der Waals surface area contributed by atoms with Gasteiger partial charge in [-0.1, -0.05) is 44.7 Å². The lowest BCUT2D eigenvalue weighted by molar-refractivity contribution is -0.117. The van der Waals surface area contributed by atoms with E-state index in [4.69, 9.17) is 0 Å². The number of rotatable bonds is 4. The van der Waals surface area contributed by atoms with E-state index >= 15 is 0 Å². The summed E-state index contributed by atoms with van der Waals surface area (Å²) in [5.74, 6) is 0.396. The van der Waals surface area contributed by atoms with Crippen molar-refractivity contribution in [1.82, 2.24) is 5.32 Å². The lowest BCUT2D eigenvalue weighted by Gasteiger charge is -2.14. The first-order chi connectivity index (χ1) is 7.54. The van der Waals surface area contributed by atoms with Gasteiger partial charge in [-0.05, 0) is 30.0 Å². The molecule has 0 aromatic heterocycles. The number of carbonyl (C=O) groups is 1. The van der Waals surface area contributed by atoms with Gasteiger partial charge in [0.1, 0.15) is 0 Å². The van der Waals surface area contributed by atoms with Crippen molar-refractivity contribution in [3.63, 3.8) is 0 Å². The van der Waals surface area contributed by atoms with E-state index in [9.17, 15) is 4.79 Å². The number of hydrogen-bond acceptors (Lipinski definition) is 1. The summed E-state index contributed by atoms with van der Waals surface area (Å²) >= 11 is 0. The molecule has 0 spiro atoms. The van der Waals surface area contributed by atoms with Crippen molar-refractivity contribution in [2.24, 2.45) is 0 Å². The maximum Gasteiger partial charge on any atom is 0.243 e. The second kappa shape index (κ2) is 5.50. The SMILES string of the molecule is C=CC(=O)NC(C)c1ccc(C(C)C)cc1. The van der Waals surface area contributed by atoms with Gasteiger partial charge >= 0.3 is 0 Å². The van der Waals surface area contributed by atoms with Crippen molar-refractivity contribution in [2.45, 2.75) is 32.7 Å². The van der Waals surface area contributed by atoms with E-state index in [0.29, 0.717) is 5.92 Å². The molecule has 16 heavy (non-hydrogen) atoms. The van der Waals surface area contributed by atoms with Gasteiger partial charge in [0.2, 0.25) is 5.91 Å². The summed E-state index contributed by atoms with van der Waals surface area (Å²) in [6, 6.07) is 8.35. The molecule has 1 atom stereocenters. The van der Waals surface area contributed by atoms with E-state index in [1.54, 1.807) is 0 Å². The van der Waals surface area contributed by atoms with Crippen LogP contribution < -0.4 is 5.32 Å². The highest BCUT2D eigenvalue weighted by Gasteiger charge is 2.07. The standard InChI is InChI=1S/C14H19NO/c1-5-14(16)15-11(4)13-8-6-12(7-9-13)10(2)3/h5-11H,1H2,2-4H3,(H,15,16). The topological polar surface area (TPSA) is 29.1 Å². The average molecular weight is 217 g/mol. The van der Waals surface area contributed by atoms with Crippen LogP contribution in [0.15, 0.2) is 36.9 Å². The Bertz CT molecular complexity index is 365. The first kappa shape index (κ1) is 12.5. The van der Waals surface area contributed by atoms with Crippen LogP contribution in [-0.2, 0) is 4.79 Å². The average Bonchev–Trinajstić information content (AvgIpc) is 2.28. The van der Waals surface area contributed by atoms with E-state index in [1.807, 2.05) is 6.92 Å². The fourth-order valence-corrected chi connectivity index (χ4v) is 1.53. The normalized spacial score (nSPS) is 12.2. The second-order valence-corrected chi connectivity index (χ2v) is 4.26. The van der Waals surface area contributed by atoms with Crippen LogP contribution in [0.4, 0.5) is 0 Å². The minimum atomic E-state index is -0.138. The first-order valence-electron chi connectivity index (χ1n) is 5.57. The number of hydrogen-bond donors (Lipinski definition) is 1. The highest BCUT2D eigenvalue weighted by Crippen LogP contribution is 2.18. The van der Waals surface area contributed by atoms with Gasteiger partial charge in [0.15, 0.2) is 0 Å². The summed E-state index contributed by atoms with van der Waals surface area (Å²) in [5, 5.41) is 2.84. The van der Waals surface area contributed by atoms with Gasteiger partial charge in [-0.25, -0.2) is 0 Å². The molecule has 1 amide bonds. The van der Waals surface area contributed by atoms with E-state index in [2.05, 4.69) is 50.0 Å². The Hall–Kier alpha value is -1.57. The minimum absolute atomic E-state index is 0.0201. The smallest absolute Gasteiger partial charge is 0.243 e. The van der Waals surface area contributed by atoms with Crippen molar-refractivity contribution in [2.75, 3.05) is 0 Å². The Balaban J connectivity index is 2.73. The summed E-state index contributed by atoms with van der Waals surface area (Å²) in [4.78, 5) is 11.1. The maximum atomic E-state index is 11.1. The number of amides is 1. The Labute approximate surface area is 97.4 Å². The molecule has 0 aliphatic carbocycles. The molecule has 2 nitrogen and oxygen atoms in total. The molecule has 0 saturated carbocycles. The van der Waals surface area contributed by atoms with Gasteiger partial charge in [-0.15, -0.1) is 0 Å². The summed E-state index contributed by atoms with van der Waals surface area (Å²) in [6.45, 7) is 9.73. The molecule has 1 unspecified atom stereocenters. The lowest BCUT2D eigenvalue weighted by atomic mass is 9.99. The van der Waals surface area contributed by atoms with Crippen molar-refractivity contribution in [1.29, 1.82) is 0 Å². The molecular formula is C14H19NO. The Morgan fingerprint density at radius 1 is 1.19 bits per heavy atom. The van der Waals surface area contributed by atoms with Crippen LogP contribution in [0.1, 0.15) is 43.9 Å². The molecule has 0 bridgehead atoms. The van der Waals surface area contributed by atoms with E-state index in [1.165, 1.54) is 11.6 Å². The zero-order valence-corrected chi connectivity index (χ0v) is 10.2. The van der Waals surface area contributed by atoms with Crippen LogP contribution >= 0.6 is 0 Å². The van der Waals surface area contributed by atoms with Gasteiger partial charge < -0.3 is 5.32 Å². The summed E-state index contributed by atoms with van der Waals surface area (Å²) in [5.41, 5.74) is 2.42. The highest BCUT2D eigenvalue weighted by molar-refractivity contribution is 5.87. The molecule has 1 aromatic carbocycles. The van der Waals surface area contributed by atoms with E-state index in [0.717, 1.165) is 5.56 Å². The summed E-state index contributed by atoms with van der Waals surface area (Å²) in [7, 11) is 0. The number of benzene rings is 1. The van der Waals surface area contributed by atoms with Gasteiger partial charge in [-0.2, -0.15) is 0 Å². The first-order valence-corrected chi connectivity index (χ1v) is 5.57. The maximum absolute atomic E-state index is 11.1. The van der Waals surface area contributed by atoms with Crippen LogP contribution in [0.5, 0.6) is 0 Å². The predicted octanol–water partition coefficient (Wildman–Crippen LogP) is 3.17. The molecule has 2 heteroatoms. The van der Waals surface area contributed by atoms with E-state index < -0.39 is 0 Å². The van der Waals surface area contributed by atoms with Crippen molar-refractivity contribution in [3.05, 3.63) is 48.0 Å². The molecule has 0 radical (unpaired) electrons. The monoisotopic (exact) mass is 217 g/mol. The molecule has 0 aliphatic heterocycles. The lowest BCUT2D eigenvalue weighted by Crippen LogP contribution is -2.24. The van der Waals surface area contributed by atoms with Crippen LogP contribution in [0.2, 0.25) is 0 Å². The Morgan fingerprint density at radius 2 is 1.69 bits per heavy atom. The number of carbonyl (C=O) groups excluding carboxylic acids is 1. The van der Waals surface area contributed by atoms with Gasteiger partial charge in [0, 0.05) is 0 Å². The molecular weight excluding hydrogens is 198 g/mol. The zero-order chi connectivity index (χ0) is 12.1. The quantitative estimate of drug-likeness (QED) is 0.771. The van der Waals surface area contributed by atoms with Crippen LogP contribution in [0.3, 0.4) is 0 Å². The molecule has 1 N–H and O–H groups in total. The van der Waals surface area contributed by atoms with Crippen molar-refractivity contribution in [3.8, 4) is 0 Å². The highest BCUT2D eigenvalue weighted by atomic mass is 16.1. The van der Waals surface area contributed by atoms with Crippen LogP contribution in [0.25, 0.3) is 0 Å². The summed E-state index contributed by atoms with van der Waals surface area (Å²) < 4.78 is 0. The zero-order valence-electron chi connectivity index (χ0n) is 10.2. The van der Waals surface area contributed by atoms with Gasteiger partial charge in [-0.3, -0.25) is 4.79 Å². The largest absolute Gasteiger partial charge is 0.346 e. The fraction of sp³-hybridized carbons (Fsp3) is 0.357. The number of nitrogens with one attached hydrogen (secondary N) is 1. The Kier molecular flexibility index (Phi) is 4.29. The van der Waals surface area contributed by atoms with E-state index in [-0.39, 0.29) is 11.9 Å².